The van der Waals surface area contributed by atoms with Gasteiger partial charge in [0.2, 0.25) is 10.0 Å². The van der Waals surface area contributed by atoms with Crippen molar-refractivity contribution < 1.29 is 13.2 Å². The second kappa shape index (κ2) is 9.16. The number of hydrogen-bond acceptors (Lipinski definition) is 3. The molecular formula is C28H32N2O3S. The maximum absolute atomic E-state index is 13.5. The fourth-order valence-electron chi connectivity index (χ4n) is 6.07. The first-order valence-electron chi connectivity index (χ1n) is 12.2. The maximum Gasteiger partial charge on any atom is 0.255 e. The first kappa shape index (κ1) is 23.1. The predicted octanol–water partition coefficient (Wildman–Crippen LogP) is 5.89. The number of sulfonamides is 1. The Kier molecular flexibility index (Phi) is 6.21. The van der Waals surface area contributed by atoms with E-state index in [9.17, 15) is 13.2 Å². The van der Waals surface area contributed by atoms with Crippen LogP contribution in [-0.4, -0.2) is 20.4 Å². The highest BCUT2D eigenvalue weighted by atomic mass is 32.2. The summed E-state index contributed by atoms with van der Waals surface area (Å²) in [6.07, 6.45) is 6.15. The van der Waals surface area contributed by atoms with Gasteiger partial charge in [-0.3, -0.25) is 4.79 Å². The van der Waals surface area contributed by atoms with Gasteiger partial charge in [-0.15, -0.1) is 0 Å². The van der Waals surface area contributed by atoms with E-state index in [4.69, 9.17) is 0 Å². The monoisotopic (exact) mass is 476 g/mol. The molecule has 1 amide bonds. The van der Waals surface area contributed by atoms with E-state index in [1.165, 1.54) is 25.7 Å². The smallest absolute Gasteiger partial charge is 0.255 e. The molecule has 0 heterocycles. The molecule has 0 saturated heterocycles. The van der Waals surface area contributed by atoms with Gasteiger partial charge in [0.1, 0.15) is 0 Å². The quantitative estimate of drug-likeness (QED) is 0.466. The Morgan fingerprint density at radius 2 is 1.59 bits per heavy atom. The summed E-state index contributed by atoms with van der Waals surface area (Å²) in [6.45, 7) is 3.91. The number of carbonyl (C=O) groups is 1. The van der Waals surface area contributed by atoms with Crippen molar-refractivity contribution in [3.8, 4) is 0 Å². The van der Waals surface area contributed by atoms with Gasteiger partial charge in [-0.05, 0) is 74.6 Å². The van der Waals surface area contributed by atoms with Crippen LogP contribution in [0.1, 0.15) is 54.9 Å². The van der Waals surface area contributed by atoms with E-state index in [0.717, 1.165) is 17.9 Å². The van der Waals surface area contributed by atoms with Crippen LogP contribution in [0.3, 0.4) is 0 Å². The Morgan fingerprint density at radius 3 is 2.26 bits per heavy atom. The Labute approximate surface area is 202 Å². The lowest BCUT2D eigenvalue weighted by Gasteiger charge is -2.45. The molecule has 178 valence electrons. The van der Waals surface area contributed by atoms with E-state index in [1.54, 1.807) is 24.3 Å². The zero-order valence-electron chi connectivity index (χ0n) is 19.8. The number of nitrogens with one attached hydrogen (secondary N) is 2. The van der Waals surface area contributed by atoms with Crippen LogP contribution in [-0.2, 0) is 10.0 Å². The highest BCUT2D eigenvalue weighted by Gasteiger charge is 2.39. The lowest BCUT2D eigenvalue weighted by Crippen LogP contribution is -2.45. The predicted molar refractivity (Wildman–Crippen MR) is 136 cm³/mol. The molecule has 0 aliphatic heterocycles. The highest BCUT2D eigenvalue weighted by molar-refractivity contribution is 7.89. The lowest BCUT2D eigenvalue weighted by atomic mass is 9.63. The van der Waals surface area contributed by atoms with Crippen molar-refractivity contribution in [1.82, 2.24) is 4.72 Å². The Balaban J connectivity index is 1.43. The third-order valence-corrected chi connectivity index (χ3v) is 9.51. The topological polar surface area (TPSA) is 75.3 Å². The molecule has 2 unspecified atom stereocenters. The van der Waals surface area contributed by atoms with Crippen LogP contribution >= 0.6 is 0 Å². The first-order valence-corrected chi connectivity index (χ1v) is 13.7. The summed E-state index contributed by atoms with van der Waals surface area (Å²) in [4.78, 5) is 13.2. The molecule has 2 N–H and O–H groups in total. The zero-order valence-corrected chi connectivity index (χ0v) is 20.6. The maximum atomic E-state index is 13.5. The van der Waals surface area contributed by atoms with E-state index in [1.807, 2.05) is 50.2 Å². The third kappa shape index (κ3) is 4.37. The minimum absolute atomic E-state index is 0.0997. The standard InChI is InChI=1S/C28H32N2O3S/c1-18-7-3-4-8-22(18)28(31)29-26-15-16-27(24-10-6-5-9-23(24)26)34(32,33)30-19(2)25-17-20-11-13-21(25)14-12-20/h3-10,15-16,19-21,25,30H,11-14,17H2,1-2H3,(H,29,31). The number of fused-ring (bicyclic) bond motifs is 4. The van der Waals surface area contributed by atoms with Gasteiger partial charge >= 0.3 is 0 Å². The lowest BCUT2D eigenvalue weighted by molar-refractivity contribution is 0.0811. The highest BCUT2D eigenvalue weighted by Crippen LogP contribution is 2.46. The van der Waals surface area contributed by atoms with Crippen LogP contribution in [0.2, 0.25) is 0 Å². The van der Waals surface area contributed by atoms with E-state index >= 15 is 0 Å². The van der Waals surface area contributed by atoms with Crippen LogP contribution < -0.4 is 10.0 Å². The minimum atomic E-state index is -3.72. The second-order valence-electron chi connectivity index (χ2n) is 10.0. The van der Waals surface area contributed by atoms with Crippen LogP contribution in [0.25, 0.3) is 10.8 Å². The number of aryl methyl sites for hydroxylation is 1. The van der Waals surface area contributed by atoms with Crippen molar-refractivity contribution in [3.63, 3.8) is 0 Å². The number of rotatable bonds is 6. The molecule has 3 aromatic rings. The fourth-order valence-corrected chi connectivity index (χ4v) is 7.58. The molecule has 34 heavy (non-hydrogen) atoms. The van der Waals surface area contributed by atoms with Gasteiger partial charge in [0.15, 0.2) is 0 Å². The van der Waals surface area contributed by atoms with E-state index in [2.05, 4.69) is 10.0 Å². The van der Waals surface area contributed by atoms with E-state index in [0.29, 0.717) is 33.9 Å². The van der Waals surface area contributed by atoms with Crippen molar-refractivity contribution in [2.45, 2.75) is 56.9 Å². The molecule has 0 radical (unpaired) electrons. The van der Waals surface area contributed by atoms with Crippen molar-refractivity contribution in [2.75, 3.05) is 5.32 Å². The summed E-state index contributed by atoms with van der Waals surface area (Å²) >= 11 is 0. The van der Waals surface area contributed by atoms with Crippen molar-refractivity contribution in [2.24, 2.45) is 17.8 Å². The Bertz CT molecular complexity index is 1330. The average Bonchev–Trinajstić information content (AvgIpc) is 2.84. The SMILES string of the molecule is Cc1ccccc1C(=O)Nc1ccc(S(=O)(=O)NC(C)C2CC3CCC2CC3)c2ccccc12. The van der Waals surface area contributed by atoms with E-state index < -0.39 is 10.0 Å². The Morgan fingerprint density at radius 1 is 0.912 bits per heavy atom. The molecule has 6 heteroatoms. The van der Waals surface area contributed by atoms with E-state index in [-0.39, 0.29) is 16.8 Å². The molecule has 2 atom stereocenters. The number of amides is 1. The summed E-state index contributed by atoms with van der Waals surface area (Å²) in [6, 6.07) is 18.0. The van der Waals surface area contributed by atoms with Crippen LogP contribution in [0.4, 0.5) is 5.69 Å². The summed E-state index contributed by atoms with van der Waals surface area (Å²) < 4.78 is 30.0. The summed E-state index contributed by atoms with van der Waals surface area (Å²) in [5.41, 5.74) is 2.08. The van der Waals surface area contributed by atoms with Crippen molar-refractivity contribution >= 4 is 32.4 Å². The molecule has 3 aliphatic rings. The average molecular weight is 477 g/mol. The molecule has 3 fully saturated rings. The molecule has 2 bridgehead atoms. The molecule has 5 nitrogen and oxygen atoms in total. The van der Waals surface area contributed by atoms with Gasteiger partial charge in [0.25, 0.3) is 5.91 Å². The normalized spacial score (nSPS) is 23.1. The molecule has 3 aromatic carbocycles. The zero-order chi connectivity index (χ0) is 23.9. The van der Waals surface area contributed by atoms with Gasteiger partial charge in [-0.25, -0.2) is 13.1 Å². The van der Waals surface area contributed by atoms with Gasteiger partial charge in [-0.2, -0.15) is 0 Å². The number of hydrogen-bond donors (Lipinski definition) is 2. The van der Waals surface area contributed by atoms with Crippen molar-refractivity contribution in [3.05, 3.63) is 71.8 Å². The van der Waals surface area contributed by atoms with Gasteiger partial charge in [-0.1, -0.05) is 55.3 Å². The number of anilines is 1. The molecule has 3 aliphatic carbocycles. The molecule has 0 aromatic heterocycles. The molecular weight excluding hydrogens is 444 g/mol. The fraction of sp³-hybridized carbons (Fsp3) is 0.393. The number of carbonyl (C=O) groups excluding carboxylic acids is 1. The molecule has 0 spiro atoms. The molecule has 3 saturated carbocycles. The molecule has 6 rings (SSSR count). The first-order chi connectivity index (χ1) is 16.3. The van der Waals surface area contributed by atoms with Crippen LogP contribution in [0.15, 0.2) is 65.6 Å². The summed E-state index contributed by atoms with van der Waals surface area (Å²) in [7, 11) is -3.72. The van der Waals surface area contributed by atoms with Gasteiger partial charge in [0.05, 0.1) is 4.90 Å². The van der Waals surface area contributed by atoms with Crippen molar-refractivity contribution in [1.29, 1.82) is 0 Å². The Hall–Kier alpha value is -2.70. The van der Waals surface area contributed by atoms with Gasteiger partial charge in [0, 0.05) is 28.1 Å². The minimum Gasteiger partial charge on any atom is -0.321 e. The van der Waals surface area contributed by atoms with Crippen LogP contribution in [0, 0.1) is 24.7 Å². The second-order valence-corrected chi connectivity index (χ2v) is 11.7. The number of benzene rings is 3. The summed E-state index contributed by atoms with van der Waals surface area (Å²) in [5, 5.41) is 4.29. The van der Waals surface area contributed by atoms with Gasteiger partial charge < -0.3 is 5.32 Å². The largest absolute Gasteiger partial charge is 0.321 e. The van der Waals surface area contributed by atoms with Crippen LogP contribution in [0.5, 0.6) is 0 Å². The summed E-state index contributed by atoms with van der Waals surface area (Å²) in [5.74, 6) is 1.57. The third-order valence-electron chi connectivity index (χ3n) is 7.90.